The summed E-state index contributed by atoms with van der Waals surface area (Å²) >= 11 is 0. The lowest BCUT2D eigenvalue weighted by molar-refractivity contribution is 0.0722. The summed E-state index contributed by atoms with van der Waals surface area (Å²) in [6, 6.07) is 0.357. The Labute approximate surface area is 121 Å². The second-order valence-corrected chi connectivity index (χ2v) is 4.84. The molecule has 7 nitrogen and oxygen atoms in total. The lowest BCUT2D eigenvalue weighted by Crippen LogP contribution is -2.40. The number of hydrogen-bond donors (Lipinski definition) is 1. The van der Waals surface area contributed by atoms with Gasteiger partial charge in [0.1, 0.15) is 0 Å². The van der Waals surface area contributed by atoms with Crippen LogP contribution in [-0.2, 0) is 22.6 Å². The normalized spacial score (nSPS) is 13.1. The van der Waals surface area contributed by atoms with Crippen LogP contribution in [-0.4, -0.2) is 73.5 Å². The lowest BCUT2D eigenvalue weighted by atomic mass is 10.3. The van der Waals surface area contributed by atoms with Crippen molar-refractivity contribution in [1.82, 2.24) is 25.2 Å². The highest BCUT2D eigenvalue weighted by Gasteiger charge is 2.13. The van der Waals surface area contributed by atoms with E-state index in [9.17, 15) is 0 Å². The molecule has 1 atom stereocenters. The predicted molar refractivity (Wildman–Crippen MR) is 77.6 cm³/mol. The van der Waals surface area contributed by atoms with E-state index in [1.54, 1.807) is 14.2 Å². The first-order valence-electron chi connectivity index (χ1n) is 6.96. The van der Waals surface area contributed by atoms with E-state index in [-0.39, 0.29) is 0 Å². The summed E-state index contributed by atoms with van der Waals surface area (Å²) in [6.45, 7) is 6.94. The number of nitrogens with one attached hydrogen (secondary N) is 1. The Balaban J connectivity index is 2.46. The van der Waals surface area contributed by atoms with E-state index in [1.807, 2.05) is 17.9 Å². The highest BCUT2D eigenvalue weighted by Crippen LogP contribution is 2.01. The van der Waals surface area contributed by atoms with E-state index in [0.717, 1.165) is 38.5 Å². The van der Waals surface area contributed by atoms with Gasteiger partial charge in [0.2, 0.25) is 0 Å². The molecule has 0 spiro atoms. The first-order valence-corrected chi connectivity index (χ1v) is 6.96. The monoisotopic (exact) mass is 285 g/mol. The van der Waals surface area contributed by atoms with Crippen molar-refractivity contribution in [1.29, 1.82) is 0 Å². The average molecular weight is 285 g/mol. The number of rotatable bonds is 11. The van der Waals surface area contributed by atoms with E-state index < -0.39 is 0 Å². The standard InChI is InChI=1S/C13H27N5O2/c1-12(11-20-4)17(7-8-19-3)5-6-18-10-13(9-14-2)15-16-18/h10,12,14H,5-9,11H2,1-4H3. The summed E-state index contributed by atoms with van der Waals surface area (Å²) in [5.41, 5.74) is 0.959. The van der Waals surface area contributed by atoms with E-state index in [2.05, 4.69) is 27.5 Å². The molecule has 116 valence electrons. The van der Waals surface area contributed by atoms with Crippen LogP contribution < -0.4 is 5.32 Å². The second-order valence-electron chi connectivity index (χ2n) is 4.84. The zero-order valence-electron chi connectivity index (χ0n) is 13.0. The van der Waals surface area contributed by atoms with E-state index >= 15 is 0 Å². The molecule has 20 heavy (non-hydrogen) atoms. The van der Waals surface area contributed by atoms with Gasteiger partial charge in [-0.1, -0.05) is 5.21 Å². The number of nitrogens with zero attached hydrogens (tertiary/aromatic N) is 4. The Morgan fingerprint density at radius 2 is 2.15 bits per heavy atom. The number of ether oxygens (including phenoxy) is 2. The third kappa shape index (κ3) is 5.96. The van der Waals surface area contributed by atoms with Crippen molar-refractivity contribution in [2.75, 3.05) is 47.6 Å². The molecular weight excluding hydrogens is 258 g/mol. The maximum atomic E-state index is 5.23. The SMILES string of the molecule is CNCc1cn(CCN(CCOC)C(C)COC)nn1. The van der Waals surface area contributed by atoms with Crippen LogP contribution in [0.3, 0.4) is 0 Å². The molecule has 0 aliphatic heterocycles. The Hall–Kier alpha value is -1.02. The highest BCUT2D eigenvalue weighted by atomic mass is 16.5. The van der Waals surface area contributed by atoms with Crippen molar-refractivity contribution < 1.29 is 9.47 Å². The van der Waals surface area contributed by atoms with Crippen molar-refractivity contribution in [3.63, 3.8) is 0 Å². The van der Waals surface area contributed by atoms with Gasteiger partial charge in [0.25, 0.3) is 0 Å². The lowest BCUT2D eigenvalue weighted by Gasteiger charge is -2.28. The molecule has 7 heteroatoms. The van der Waals surface area contributed by atoms with Gasteiger partial charge in [-0.15, -0.1) is 5.10 Å². The van der Waals surface area contributed by atoms with Crippen LogP contribution in [0, 0.1) is 0 Å². The summed E-state index contributed by atoms with van der Waals surface area (Å²) in [4.78, 5) is 2.34. The fourth-order valence-electron chi connectivity index (χ4n) is 2.05. The Morgan fingerprint density at radius 1 is 1.35 bits per heavy atom. The van der Waals surface area contributed by atoms with Gasteiger partial charge in [-0.3, -0.25) is 9.58 Å². The van der Waals surface area contributed by atoms with Gasteiger partial charge in [0.05, 0.1) is 25.5 Å². The molecule has 0 aromatic carbocycles. The Morgan fingerprint density at radius 3 is 2.80 bits per heavy atom. The zero-order valence-corrected chi connectivity index (χ0v) is 13.0. The molecule has 0 radical (unpaired) electrons. The van der Waals surface area contributed by atoms with Crippen LogP contribution in [0.2, 0.25) is 0 Å². The molecule has 0 aliphatic rings. The molecule has 1 aromatic heterocycles. The van der Waals surface area contributed by atoms with Crippen LogP contribution in [0.5, 0.6) is 0 Å². The first-order chi connectivity index (χ1) is 9.71. The fourth-order valence-corrected chi connectivity index (χ4v) is 2.05. The summed E-state index contributed by atoms with van der Waals surface area (Å²) < 4.78 is 12.3. The summed E-state index contributed by atoms with van der Waals surface area (Å²) in [5.74, 6) is 0. The fraction of sp³-hybridized carbons (Fsp3) is 0.846. The molecule has 1 aromatic rings. The minimum Gasteiger partial charge on any atom is -0.383 e. The van der Waals surface area contributed by atoms with Gasteiger partial charge in [-0.25, -0.2) is 0 Å². The smallest absolute Gasteiger partial charge is 0.0964 e. The molecular formula is C13H27N5O2. The molecule has 0 saturated heterocycles. The van der Waals surface area contributed by atoms with Crippen LogP contribution >= 0.6 is 0 Å². The van der Waals surface area contributed by atoms with Gasteiger partial charge in [-0.2, -0.15) is 0 Å². The second kappa shape index (κ2) is 9.82. The molecule has 1 N–H and O–H groups in total. The van der Waals surface area contributed by atoms with E-state index in [1.165, 1.54) is 0 Å². The minimum absolute atomic E-state index is 0.357. The maximum absolute atomic E-state index is 5.23. The van der Waals surface area contributed by atoms with Crippen molar-refractivity contribution in [2.24, 2.45) is 0 Å². The first kappa shape index (κ1) is 17.0. The van der Waals surface area contributed by atoms with E-state index in [4.69, 9.17) is 9.47 Å². The van der Waals surface area contributed by atoms with Gasteiger partial charge >= 0.3 is 0 Å². The summed E-state index contributed by atoms with van der Waals surface area (Å²) in [7, 11) is 5.35. The molecule has 0 saturated carbocycles. The van der Waals surface area contributed by atoms with Gasteiger partial charge in [-0.05, 0) is 14.0 Å². The summed E-state index contributed by atoms with van der Waals surface area (Å²) in [6.07, 6.45) is 1.98. The Kier molecular flexibility index (Phi) is 8.36. The van der Waals surface area contributed by atoms with Crippen LogP contribution in [0.25, 0.3) is 0 Å². The molecule has 0 fully saturated rings. The quantitative estimate of drug-likeness (QED) is 0.616. The molecule has 0 bridgehead atoms. The predicted octanol–water partition coefficient (Wildman–Crippen LogP) is -0.0192. The van der Waals surface area contributed by atoms with Crippen LogP contribution in [0.4, 0.5) is 0 Å². The molecule has 0 aliphatic carbocycles. The molecule has 1 unspecified atom stereocenters. The van der Waals surface area contributed by atoms with Gasteiger partial charge in [0.15, 0.2) is 0 Å². The van der Waals surface area contributed by atoms with Crippen molar-refractivity contribution in [3.05, 3.63) is 11.9 Å². The Bertz CT molecular complexity index is 358. The van der Waals surface area contributed by atoms with Crippen LogP contribution in [0.1, 0.15) is 12.6 Å². The zero-order chi connectivity index (χ0) is 14.8. The largest absolute Gasteiger partial charge is 0.383 e. The third-order valence-electron chi connectivity index (χ3n) is 3.17. The van der Waals surface area contributed by atoms with Crippen LogP contribution in [0.15, 0.2) is 6.20 Å². The van der Waals surface area contributed by atoms with Crippen molar-refractivity contribution in [2.45, 2.75) is 26.1 Å². The minimum atomic E-state index is 0.357. The molecule has 0 amide bonds. The van der Waals surface area contributed by atoms with Crippen molar-refractivity contribution >= 4 is 0 Å². The van der Waals surface area contributed by atoms with E-state index in [0.29, 0.717) is 12.6 Å². The molecule has 1 heterocycles. The number of aromatic nitrogens is 3. The highest BCUT2D eigenvalue weighted by molar-refractivity contribution is 4.91. The number of methoxy groups -OCH3 is 2. The topological polar surface area (TPSA) is 64.4 Å². The third-order valence-corrected chi connectivity index (χ3v) is 3.17. The average Bonchev–Trinajstić information content (AvgIpc) is 2.87. The van der Waals surface area contributed by atoms with Crippen molar-refractivity contribution in [3.8, 4) is 0 Å². The molecule has 1 rings (SSSR count). The maximum Gasteiger partial charge on any atom is 0.0964 e. The number of hydrogen-bond acceptors (Lipinski definition) is 6. The van der Waals surface area contributed by atoms with Gasteiger partial charge < -0.3 is 14.8 Å². The van der Waals surface area contributed by atoms with Gasteiger partial charge in [0, 0.05) is 46.1 Å². The summed E-state index contributed by atoms with van der Waals surface area (Å²) in [5, 5.41) is 11.3.